The second-order valence-corrected chi connectivity index (χ2v) is 11.2. The SMILES string of the molecule is CCCC(C(O)C(CNC(=O)OC(C)(C)C)c1ccc(Cl)cc1)P(=O)(O)CC. The minimum Gasteiger partial charge on any atom is -0.444 e. The van der Waals surface area contributed by atoms with E-state index in [4.69, 9.17) is 16.3 Å². The number of carbonyl (C=O) groups excluding carboxylic acids is 1. The normalized spacial score (nSPS) is 17.3. The lowest BCUT2D eigenvalue weighted by atomic mass is 9.90. The second kappa shape index (κ2) is 10.6. The molecule has 28 heavy (non-hydrogen) atoms. The van der Waals surface area contributed by atoms with Crippen LogP contribution in [-0.4, -0.2) is 46.2 Å². The molecule has 1 aromatic rings. The van der Waals surface area contributed by atoms with Crippen molar-refractivity contribution in [3.8, 4) is 0 Å². The number of rotatable bonds is 9. The summed E-state index contributed by atoms with van der Waals surface area (Å²) < 4.78 is 18.0. The van der Waals surface area contributed by atoms with Crippen molar-refractivity contribution >= 4 is 25.1 Å². The summed E-state index contributed by atoms with van der Waals surface area (Å²) in [6, 6.07) is 6.89. The van der Waals surface area contributed by atoms with Gasteiger partial charge in [-0.05, 0) is 44.9 Å². The molecule has 0 aliphatic heterocycles. The van der Waals surface area contributed by atoms with Gasteiger partial charge in [-0.2, -0.15) is 0 Å². The predicted octanol–water partition coefficient (Wildman–Crippen LogP) is 4.77. The molecule has 8 heteroatoms. The van der Waals surface area contributed by atoms with Crippen molar-refractivity contribution in [3.05, 3.63) is 34.9 Å². The fourth-order valence-electron chi connectivity index (χ4n) is 3.06. The van der Waals surface area contributed by atoms with Crippen molar-refractivity contribution in [2.45, 2.75) is 70.7 Å². The monoisotopic (exact) mass is 433 g/mol. The maximum Gasteiger partial charge on any atom is 0.407 e. The molecule has 0 aromatic heterocycles. The molecule has 1 amide bonds. The number of hydrogen-bond acceptors (Lipinski definition) is 4. The first-order chi connectivity index (χ1) is 12.9. The fraction of sp³-hybridized carbons (Fsp3) is 0.650. The van der Waals surface area contributed by atoms with Crippen LogP contribution in [0, 0.1) is 0 Å². The molecule has 0 bridgehead atoms. The van der Waals surface area contributed by atoms with Gasteiger partial charge in [0.2, 0.25) is 7.37 Å². The van der Waals surface area contributed by atoms with Crippen molar-refractivity contribution in [2.75, 3.05) is 12.7 Å². The van der Waals surface area contributed by atoms with Crippen LogP contribution < -0.4 is 5.32 Å². The summed E-state index contributed by atoms with van der Waals surface area (Å²) in [5.74, 6) is -0.576. The lowest BCUT2D eigenvalue weighted by Crippen LogP contribution is -2.41. The second-order valence-electron chi connectivity index (χ2n) is 7.96. The average Bonchev–Trinajstić information content (AvgIpc) is 2.59. The summed E-state index contributed by atoms with van der Waals surface area (Å²) in [5, 5.41) is 14.3. The van der Waals surface area contributed by atoms with E-state index in [0.717, 1.165) is 5.56 Å². The largest absolute Gasteiger partial charge is 0.444 e. The Bertz CT molecular complexity index is 674. The van der Waals surface area contributed by atoms with E-state index in [1.165, 1.54) is 0 Å². The van der Waals surface area contributed by atoms with Gasteiger partial charge in [0.1, 0.15) is 5.60 Å². The molecule has 6 nitrogen and oxygen atoms in total. The topological polar surface area (TPSA) is 95.9 Å². The standard InChI is InChI=1S/C20H33ClNO5P/c1-6-8-17(28(25,26)7-2)18(23)16(14-9-11-15(21)12-10-14)13-22-19(24)27-20(3,4)5/h9-12,16-18,23H,6-8,13H2,1-5H3,(H,22,24)(H,25,26). The van der Waals surface area contributed by atoms with E-state index < -0.39 is 36.7 Å². The van der Waals surface area contributed by atoms with Crippen LogP contribution in [-0.2, 0) is 9.30 Å². The molecule has 160 valence electrons. The van der Waals surface area contributed by atoms with E-state index >= 15 is 0 Å². The Hall–Kier alpha value is -1.07. The highest BCUT2D eigenvalue weighted by atomic mass is 35.5. The summed E-state index contributed by atoms with van der Waals surface area (Å²) >= 11 is 5.97. The molecule has 0 heterocycles. The van der Waals surface area contributed by atoms with Crippen molar-refractivity contribution in [3.63, 3.8) is 0 Å². The van der Waals surface area contributed by atoms with Gasteiger partial charge < -0.3 is 20.1 Å². The molecule has 0 radical (unpaired) electrons. The highest BCUT2D eigenvalue weighted by molar-refractivity contribution is 7.58. The first kappa shape index (κ1) is 25.0. The molecule has 0 aliphatic rings. The summed E-state index contributed by atoms with van der Waals surface area (Å²) in [7, 11) is -3.54. The van der Waals surface area contributed by atoms with E-state index in [2.05, 4.69) is 5.32 Å². The van der Waals surface area contributed by atoms with Gasteiger partial charge in [0.05, 0.1) is 11.8 Å². The lowest BCUT2D eigenvalue weighted by Gasteiger charge is -2.33. The zero-order valence-corrected chi connectivity index (χ0v) is 19.0. The van der Waals surface area contributed by atoms with Gasteiger partial charge in [-0.15, -0.1) is 0 Å². The molecular formula is C20H33ClNO5P. The zero-order chi connectivity index (χ0) is 21.5. The molecule has 4 unspecified atom stereocenters. The maximum atomic E-state index is 12.7. The zero-order valence-electron chi connectivity index (χ0n) is 17.3. The van der Waals surface area contributed by atoms with Crippen LogP contribution in [0.2, 0.25) is 5.02 Å². The number of nitrogens with one attached hydrogen (secondary N) is 1. The van der Waals surface area contributed by atoms with Crippen LogP contribution in [0.5, 0.6) is 0 Å². The molecule has 0 saturated heterocycles. The maximum absolute atomic E-state index is 12.7. The Morgan fingerprint density at radius 1 is 1.25 bits per heavy atom. The number of aliphatic hydroxyl groups is 1. The van der Waals surface area contributed by atoms with Crippen LogP contribution in [0.3, 0.4) is 0 Å². The third-order valence-electron chi connectivity index (χ3n) is 4.53. The Morgan fingerprint density at radius 2 is 1.82 bits per heavy atom. The molecule has 0 spiro atoms. The third-order valence-corrected chi connectivity index (χ3v) is 7.28. The first-order valence-corrected chi connectivity index (χ1v) is 11.9. The van der Waals surface area contributed by atoms with Crippen molar-refractivity contribution in [1.82, 2.24) is 5.32 Å². The van der Waals surface area contributed by atoms with Crippen LogP contribution in [0.1, 0.15) is 58.9 Å². The first-order valence-electron chi connectivity index (χ1n) is 9.63. The number of halogens is 1. The Morgan fingerprint density at radius 3 is 2.29 bits per heavy atom. The summed E-state index contributed by atoms with van der Waals surface area (Å²) in [4.78, 5) is 22.5. The Labute approximate surface area is 173 Å². The van der Waals surface area contributed by atoms with Crippen LogP contribution >= 0.6 is 19.0 Å². The van der Waals surface area contributed by atoms with Gasteiger partial charge in [0.15, 0.2) is 0 Å². The number of hydrogen-bond donors (Lipinski definition) is 3. The van der Waals surface area contributed by atoms with E-state index in [1.807, 2.05) is 6.92 Å². The predicted molar refractivity (Wildman–Crippen MR) is 113 cm³/mol. The number of amides is 1. The minimum atomic E-state index is -3.54. The average molecular weight is 434 g/mol. The highest BCUT2D eigenvalue weighted by Crippen LogP contribution is 2.51. The summed E-state index contributed by atoms with van der Waals surface area (Å²) in [6.45, 7) is 8.91. The molecule has 3 N–H and O–H groups in total. The van der Waals surface area contributed by atoms with Crippen molar-refractivity contribution < 1.29 is 24.1 Å². The van der Waals surface area contributed by atoms with Crippen LogP contribution in [0.4, 0.5) is 4.79 Å². The number of carbonyl (C=O) groups is 1. The van der Waals surface area contributed by atoms with Gasteiger partial charge in [-0.1, -0.05) is 44.0 Å². The van der Waals surface area contributed by atoms with Gasteiger partial charge in [0.25, 0.3) is 0 Å². The fourth-order valence-corrected chi connectivity index (χ4v) is 5.00. The van der Waals surface area contributed by atoms with Crippen molar-refractivity contribution in [1.29, 1.82) is 0 Å². The number of benzene rings is 1. The van der Waals surface area contributed by atoms with Crippen molar-refractivity contribution in [2.24, 2.45) is 0 Å². The van der Waals surface area contributed by atoms with E-state index in [-0.39, 0.29) is 12.7 Å². The highest BCUT2D eigenvalue weighted by Gasteiger charge is 2.39. The molecule has 4 atom stereocenters. The molecule has 1 aromatic carbocycles. The number of ether oxygens (including phenoxy) is 1. The molecule has 0 aliphatic carbocycles. The van der Waals surface area contributed by atoms with E-state index in [0.29, 0.717) is 17.9 Å². The molecular weight excluding hydrogens is 401 g/mol. The molecule has 1 rings (SSSR count). The molecule has 0 saturated carbocycles. The Kier molecular flexibility index (Phi) is 9.48. The number of alkyl carbamates (subject to hydrolysis) is 1. The third kappa shape index (κ3) is 7.75. The van der Waals surface area contributed by atoms with Crippen LogP contribution in [0.25, 0.3) is 0 Å². The van der Waals surface area contributed by atoms with Gasteiger partial charge in [0, 0.05) is 23.6 Å². The number of aliphatic hydroxyl groups excluding tert-OH is 1. The summed E-state index contributed by atoms with van der Waals surface area (Å²) in [5.41, 5.74) is -0.694. The van der Waals surface area contributed by atoms with Gasteiger partial charge in [-0.25, -0.2) is 4.79 Å². The lowest BCUT2D eigenvalue weighted by molar-refractivity contribution is 0.0507. The molecule has 0 fully saturated rings. The van der Waals surface area contributed by atoms with Crippen LogP contribution in [0.15, 0.2) is 24.3 Å². The summed E-state index contributed by atoms with van der Waals surface area (Å²) in [6.07, 6.45) is -0.541. The minimum absolute atomic E-state index is 0.0711. The van der Waals surface area contributed by atoms with Gasteiger partial charge in [-0.3, -0.25) is 4.57 Å². The quantitative estimate of drug-likeness (QED) is 0.487. The smallest absolute Gasteiger partial charge is 0.407 e. The van der Waals surface area contributed by atoms with Gasteiger partial charge >= 0.3 is 6.09 Å². The van der Waals surface area contributed by atoms with E-state index in [9.17, 15) is 19.4 Å². The van der Waals surface area contributed by atoms with E-state index in [1.54, 1.807) is 52.0 Å². The Balaban J connectivity index is 3.13.